The van der Waals surface area contributed by atoms with E-state index in [4.69, 9.17) is 9.47 Å². The highest BCUT2D eigenvalue weighted by Gasteiger charge is 2.41. The van der Waals surface area contributed by atoms with Gasteiger partial charge >= 0.3 is 0 Å². The lowest BCUT2D eigenvalue weighted by molar-refractivity contribution is -0.135. The molecule has 0 saturated carbocycles. The van der Waals surface area contributed by atoms with Gasteiger partial charge in [-0.3, -0.25) is 4.79 Å². The number of hydrogen-bond donors (Lipinski definition) is 0. The smallest absolute Gasteiger partial charge is 0.204 e. The minimum absolute atomic E-state index is 0.0477. The van der Waals surface area contributed by atoms with Crippen LogP contribution in [0.4, 0.5) is 0 Å². The zero-order valence-corrected chi connectivity index (χ0v) is 15.2. The Morgan fingerprint density at radius 1 is 1.00 bits per heavy atom. The molecule has 26 heavy (non-hydrogen) atoms. The quantitative estimate of drug-likeness (QED) is 0.747. The van der Waals surface area contributed by atoms with Crippen LogP contribution in [0.5, 0.6) is 0 Å². The van der Waals surface area contributed by atoms with E-state index in [0.717, 1.165) is 5.56 Å². The Morgan fingerprint density at radius 3 is 2.27 bits per heavy atom. The van der Waals surface area contributed by atoms with Gasteiger partial charge < -0.3 is 9.47 Å². The molecule has 5 nitrogen and oxygen atoms in total. The number of ether oxygens (including phenoxy) is 2. The van der Waals surface area contributed by atoms with Crippen LogP contribution in [0.2, 0.25) is 0 Å². The fourth-order valence-corrected chi connectivity index (χ4v) is 3.93. The van der Waals surface area contributed by atoms with Crippen molar-refractivity contribution in [2.75, 3.05) is 12.4 Å². The lowest BCUT2D eigenvalue weighted by atomic mass is 10.0. The van der Waals surface area contributed by atoms with Crippen LogP contribution in [0, 0.1) is 0 Å². The van der Waals surface area contributed by atoms with E-state index in [0.29, 0.717) is 6.61 Å². The Balaban J connectivity index is 1.61. The van der Waals surface area contributed by atoms with Crippen molar-refractivity contribution in [3.8, 4) is 0 Å². The van der Waals surface area contributed by atoms with E-state index in [-0.39, 0.29) is 28.8 Å². The minimum Gasteiger partial charge on any atom is -0.480 e. The first kappa shape index (κ1) is 18.4. The summed E-state index contributed by atoms with van der Waals surface area (Å²) in [6.07, 6.45) is 1.26. The third-order valence-electron chi connectivity index (χ3n) is 4.09. The SMILES string of the molecule is CC1(COCc2ccccc2)OC(CS(=O)(=O)c2ccccc2)=CC1=O. The van der Waals surface area contributed by atoms with Gasteiger partial charge in [0.05, 0.1) is 18.1 Å². The summed E-state index contributed by atoms with van der Waals surface area (Å²) < 4.78 is 36.2. The Bertz CT molecular complexity index is 904. The van der Waals surface area contributed by atoms with Gasteiger partial charge in [-0.25, -0.2) is 8.42 Å². The van der Waals surface area contributed by atoms with Gasteiger partial charge in [0.1, 0.15) is 11.5 Å². The molecule has 0 aliphatic carbocycles. The van der Waals surface area contributed by atoms with Crippen LogP contribution < -0.4 is 0 Å². The average molecular weight is 372 g/mol. The van der Waals surface area contributed by atoms with Crippen LogP contribution in [-0.2, 0) is 30.7 Å². The summed E-state index contributed by atoms with van der Waals surface area (Å²) in [5.74, 6) is -0.495. The summed E-state index contributed by atoms with van der Waals surface area (Å²) in [5, 5.41) is 0. The first-order valence-electron chi connectivity index (χ1n) is 8.23. The number of sulfone groups is 1. The van der Waals surface area contributed by atoms with Crippen molar-refractivity contribution in [1.82, 2.24) is 0 Å². The lowest BCUT2D eigenvalue weighted by Crippen LogP contribution is -2.38. The van der Waals surface area contributed by atoms with Crippen molar-refractivity contribution in [3.05, 3.63) is 78.1 Å². The maximum absolute atomic E-state index is 12.4. The minimum atomic E-state index is -3.57. The molecule has 1 unspecified atom stereocenters. The van der Waals surface area contributed by atoms with E-state index in [1.807, 2.05) is 30.3 Å². The van der Waals surface area contributed by atoms with E-state index in [1.54, 1.807) is 25.1 Å². The van der Waals surface area contributed by atoms with Crippen LogP contribution in [0.1, 0.15) is 12.5 Å². The summed E-state index contributed by atoms with van der Waals surface area (Å²) in [6.45, 7) is 2.01. The molecule has 1 aliphatic heterocycles. The van der Waals surface area contributed by atoms with Crippen molar-refractivity contribution in [2.45, 2.75) is 24.0 Å². The standard InChI is InChI=1S/C20H20O5S/c1-20(15-24-13-16-8-4-2-5-9-16)19(21)12-17(25-20)14-26(22,23)18-10-6-3-7-11-18/h2-12H,13-15H2,1H3. The van der Waals surface area contributed by atoms with Gasteiger partial charge in [0, 0.05) is 6.08 Å². The van der Waals surface area contributed by atoms with Gasteiger partial charge in [-0.2, -0.15) is 0 Å². The molecule has 0 radical (unpaired) electrons. The molecule has 0 spiro atoms. The summed E-state index contributed by atoms with van der Waals surface area (Å²) in [7, 11) is -3.57. The normalized spacial score (nSPS) is 19.9. The molecule has 0 aromatic heterocycles. The van der Waals surface area contributed by atoms with Crippen LogP contribution in [0.25, 0.3) is 0 Å². The number of ketones is 1. The largest absolute Gasteiger partial charge is 0.480 e. The van der Waals surface area contributed by atoms with E-state index in [9.17, 15) is 13.2 Å². The maximum atomic E-state index is 12.4. The van der Waals surface area contributed by atoms with Gasteiger partial charge in [-0.05, 0) is 24.6 Å². The Hall–Kier alpha value is -2.44. The monoisotopic (exact) mass is 372 g/mol. The van der Waals surface area contributed by atoms with Crippen LogP contribution in [0.3, 0.4) is 0 Å². The summed E-state index contributed by atoms with van der Waals surface area (Å²) >= 11 is 0. The first-order valence-corrected chi connectivity index (χ1v) is 9.88. The van der Waals surface area contributed by atoms with Crippen molar-refractivity contribution in [3.63, 3.8) is 0 Å². The van der Waals surface area contributed by atoms with Crippen molar-refractivity contribution in [2.24, 2.45) is 0 Å². The van der Waals surface area contributed by atoms with Crippen molar-refractivity contribution < 1.29 is 22.7 Å². The zero-order chi connectivity index (χ0) is 18.6. The van der Waals surface area contributed by atoms with Gasteiger partial charge in [-0.1, -0.05) is 48.5 Å². The maximum Gasteiger partial charge on any atom is 0.204 e. The van der Waals surface area contributed by atoms with Gasteiger partial charge in [0.25, 0.3) is 0 Å². The fraction of sp³-hybridized carbons (Fsp3) is 0.250. The second-order valence-electron chi connectivity index (χ2n) is 6.36. The molecule has 1 atom stereocenters. The molecule has 6 heteroatoms. The molecule has 0 N–H and O–H groups in total. The Kier molecular flexibility index (Phi) is 5.25. The lowest BCUT2D eigenvalue weighted by Gasteiger charge is -2.23. The molecule has 136 valence electrons. The highest BCUT2D eigenvalue weighted by Crippen LogP contribution is 2.28. The Morgan fingerprint density at radius 2 is 1.62 bits per heavy atom. The van der Waals surface area contributed by atoms with Crippen LogP contribution in [-0.4, -0.2) is 32.2 Å². The molecule has 1 heterocycles. The summed E-state index contributed by atoms with van der Waals surface area (Å²) in [4.78, 5) is 12.5. The van der Waals surface area contributed by atoms with Gasteiger partial charge in [-0.15, -0.1) is 0 Å². The zero-order valence-electron chi connectivity index (χ0n) is 14.4. The van der Waals surface area contributed by atoms with E-state index in [1.165, 1.54) is 18.2 Å². The number of hydrogen-bond acceptors (Lipinski definition) is 5. The predicted molar refractivity (Wildman–Crippen MR) is 97.2 cm³/mol. The summed E-state index contributed by atoms with van der Waals surface area (Å²) in [5.41, 5.74) is -0.211. The highest BCUT2D eigenvalue weighted by atomic mass is 32.2. The molecule has 2 aromatic rings. The predicted octanol–water partition coefficient (Wildman–Crippen LogP) is 2.92. The summed E-state index contributed by atoms with van der Waals surface area (Å²) in [6, 6.07) is 17.7. The van der Waals surface area contributed by atoms with Crippen LogP contribution in [0.15, 0.2) is 77.4 Å². The van der Waals surface area contributed by atoms with E-state index < -0.39 is 15.4 Å². The average Bonchev–Trinajstić information content (AvgIpc) is 2.89. The Labute approximate surface area is 153 Å². The molecular formula is C20H20O5S. The number of rotatable bonds is 7. The molecule has 0 saturated heterocycles. The fourth-order valence-electron chi connectivity index (χ4n) is 2.68. The number of carbonyl (C=O) groups excluding carboxylic acids is 1. The number of benzene rings is 2. The van der Waals surface area contributed by atoms with E-state index >= 15 is 0 Å². The van der Waals surface area contributed by atoms with Gasteiger partial charge in [0.2, 0.25) is 5.78 Å². The second-order valence-corrected chi connectivity index (χ2v) is 8.35. The molecule has 0 fully saturated rings. The molecule has 0 amide bonds. The molecule has 0 bridgehead atoms. The molecular weight excluding hydrogens is 352 g/mol. The van der Waals surface area contributed by atoms with E-state index in [2.05, 4.69) is 0 Å². The molecule has 3 rings (SSSR count). The third kappa shape index (κ3) is 4.20. The molecule has 2 aromatic carbocycles. The topological polar surface area (TPSA) is 69.7 Å². The number of carbonyl (C=O) groups is 1. The highest BCUT2D eigenvalue weighted by molar-refractivity contribution is 7.91. The van der Waals surface area contributed by atoms with Gasteiger partial charge in [0.15, 0.2) is 15.4 Å². The van der Waals surface area contributed by atoms with Crippen LogP contribution >= 0.6 is 0 Å². The van der Waals surface area contributed by atoms with Crippen molar-refractivity contribution in [1.29, 1.82) is 0 Å². The first-order chi connectivity index (χ1) is 12.4. The molecule has 1 aliphatic rings. The second kappa shape index (κ2) is 7.43. The third-order valence-corrected chi connectivity index (χ3v) is 5.75. The van der Waals surface area contributed by atoms with Crippen molar-refractivity contribution >= 4 is 15.6 Å².